The number of carbonyl (C=O) groups excluding carboxylic acids is 1. The zero-order valence-corrected chi connectivity index (χ0v) is 9.96. The van der Waals surface area contributed by atoms with Crippen LogP contribution in [-0.4, -0.2) is 42.3 Å². The lowest BCUT2D eigenvalue weighted by atomic mass is 9.82. The molecule has 2 unspecified atom stereocenters. The van der Waals surface area contributed by atoms with Gasteiger partial charge in [-0.25, -0.2) is 0 Å². The summed E-state index contributed by atoms with van der Waals surface area (Å²) >= 11 is 0. The summed E-state index contributed by atoms with van der Waals surface area (Å²) in [6, 6.07) is 0. The fourth-order valence-electron chi connectivity index (χ4n) is 2.56. The topological polar surface area (TPSA) is 41.6 Å². The van der Waals surface area contributed by atoms with E-state index in [0.717, 1.165) is 19.5 Å². The Morgan fingerprint density at radius 2 is 2.20 bits per heavy atom. The highest BCUT2D eigenvalue weighted by atomic mass is 16.6. The molecule has 4 heteroatoms. The van der Waals surface area contributed by atoms with Crippen LogP contribution in [-0.2, 0) is 9.53 Å². The van der Waals surface area contributed by atoms with E-state index in [0.29, 0.717) is 0 Å². The summed E-state index contributed by atoms with van der Waals surface area (Å²) in [5.41, 5.74) is -1.05. The summed E-state index contributed by atoms with van der Waals surface area (Å²) in [7, 11) is 1.83. The first-order valence-electron chi connectivity index (χ1n) is 5.59. The van der Waals surface area contributed by atoms with Crippen LogP contribution in [0, 0.1) is 5.92 Å². The van der Waals surface area contributed by atoms with Crippen molar-refractivity contribution in [3.63, 3.8) is 0 Å². The molecule has 2 heterocycles. The lowest BCUT2D eigenvalue weighted by molar-refractivity contribution is -0.153. The molecule has 2 atom stereocenters. The summed E-state index contributed by atoms with van der Waals surface area (Å²) in [4.78, 5) is 14.0. The largest absolute Gasteiger partial charge is 0.339 e. The first-order valence-corrected chi connectivity index (χ1v) is 5.59. The van der Waals surface area contributed by atoms with Crippen LogP contribution >= 0.6 is 0 Å². The first kappa shape index (κ1) is 10.9. The quantitative estimate of drug-likeness (QED) is 0.638. The highest BCUT2D eigenvalue weighted by molar-refractivity contribution is 5.88. The molecule has 1 N–H and O–H groups in total. The van der Waals surface area contributed by atoms with Gasteiger partial charge in [-0.15, -0.1) is 0 Å². The molecule has 2 fully saturated rings. The molecule has 2 rings (SSSR count). The summed E-state index contributed by atoms with van der Waals surface area (Å²) < 4.78 is 6.05. The van der Waals surface area contributed by atoms with Gasteiger partial charge in [0.2, 0.25) is 0 Å². The van der Waals surface area contributed by atoms with Crippen molar-refractivity contribution < 1.29 is 9.53 Å². The predicted octanol–water partition coefficient (Wildman–Crippen LogP) is 0.579. The maximum atomic E-state index is 12.3. The molecular formula is C11H20N2O2. The molecule has 2 aliphatic rings. The van der Waals surface area contributed by atoms with Crippen LogP contribution in [0.5, 0.6) is 0 Å². The molecule has 15 heavy (non-hydrogen) atoms. The maximum absolute atomic E-state index is 12.3. The highest BCUT2D eigenvalue weighted by Gasteiger charge is 2.58. The van der Waals surface area contributed by atoms with Crippen LogP contribution in [0.3, 0.4) is 0 Å². The van der Waals surface area contributed by atoms with Crippen molar-refractivity contribution in [2.24, 2.45) is 5.92 Å². The molecule has 0 aromatic heterocycles. The lowest BCUT2D eigenvalue weighted by Gasteiger charge is -2.37. The van der Waals surface area contributed by atoms with Crippen LogP contribution in [0.15, 0.2) is 0 Å². The van der Waals surface area contributed by atoms with E-state index in [1.165, 1.54) is 0 Å². The second-order valence-corrected chi connectivity index (χ2v) is 5.16. The molecule has 1 amide bonds. The van der Waals surface area contributed by atoms with Gasteiger partial charge in [-0.05, 0) is 26.8 Å². The number of nitrogens with one attached hydrogen (secondary N) is 1. The molecule has 86 valence electrons. The molecular weight excluding hydrogens is 192 g/mol. The van der Waals surface area contributed by atoms with Gasteiger partial charge < -0.3 is 15.0 Å². The van der Waals surface area contributed by atoms with Gasteiger partial charge in [0.15, 0.2) is 5.60 Å². The van der Waals surface area contributed by atoms with Crippen LogP contribution in [0.4, 0.5) is 0 Å². The average molecular weight is 212 g/mol. The maximum Gasteiger partial charge on any atom is 0.257 e. The summed E-state index contributed by atoms with van der Waals surface area (Å²) in [6.07, 6.45) is 0.779. The van der Waals surface area contributed by atoms with Crippen molar-refractivity contribution in [1.82, 2.24) is 10.2 Å². The van der Waals surface area contributed by atoms with Gasteiger partial charge in [0.05, 0.1) is 0 Å². The van der Waals surface area contributed by atoms with E-state index in [2.05, 4.69) is 12.2 Å². The van der Waals surface area contributed by atoms with Crippen molar-refractivity contribution in [2.45, 2.75) is 38.5 Å². The monoisotopic (exact) mass is 212 g/mol. The van der Waals surface area contributed by atoms with E-state index < -0.39 is 11.3 Å². The Morgan fingerprint density at radius 3 is 2.67 bits per heavy atom. The Hall–Kier alpha value is -0.610. The number of rotatable bonds is 0. The molecule has 0 radical (unpaired) electrons. The number of amides is 1. The van der Waals surface area contributed by atoms with Crippen LogP contribution < -0.4 is 5.32 Å². The number of nitrogens with zero attached hydrogens (tertiary/aromatic N) is 1. The van der Waals surface area contributed by atoms with Gasteiger partial charge in [0.25, 0.3) is 5.91 Å². The molecule has 2 aliphatic heterocycles. The lowest BCUT2D eigenvalue weighted by Crippen LogP contribution is -2.54. The van der Waals surface area contributed by atoms with E-state index in [-0.39, 0.29) is 11.8 Å². The molecule has 0 bridgehead atoms. The van der Waals surface area contributed by atoms with Crippen molar-refractivity contribution >= 4 is 5.91 Å². The Morgan fingerprint density at radius 1 is 1.53 bits per heavy atom. The number of carbonyl (C=O) groups is 1. The van der Waals surface area contributed by atoms with Gasteiger partial charge in [0, 0.05) is 19.5 Å². The van der Waals surface area contributed by atoms with Gasteiger partial charge in [-0.3, -0.25) is 4.79 Å². The van der Waals surface area contributed by atoms with E-state index in [1.807, 2.05) is 20.9 Å². The highest BCUT2D eigenvalue weighted by Crippen LogP contribution is 2.41. The summed E-state index contributed by atoms with van der Waals surface area (Å²) in [6.45, 7) is 7.71. The van der Waals surface area contributed by atoms with Gasteiger partial charge in [0.1, 0.15) is 5.72 Å². The predicted molar refractivity (Wildman–Crippen MR) is 57.3 cm³/mol. The molecule has 0 aliphatic carbocycles. The first-order chi connectivity index (χ1) is 6.90. The molecule has 0 aromatic rings. The number of ether oxygens (including phenoxy) is 1. The molecule has 0 aromatic carbocycles. The SMILES string of the molecule is CC1CNCCC12OC(C)(C)N(C)C2=O. The Bertz CT molecular complexity index is 290. The molecule has 2 saturated heterocycles. The van der Waals surface area contributed by atoms with Crippen LogP contribution in [0.25, 0.3) is 0 Å². The average Bonchev–Trinajstić information content (AvgIpc) is 2.34. The van der Waals surface area contributed by atoms with E-state index >= 15 is 0 Å². The van der Waals surface area contributed by atoms with E-state index in [4.69, 9.17) is 4.74 Å². The van der Waals surface area contributed by atoms with Crippen molar-refractivity contribution in [1.29, 1.82) is 0 Å². The number of hydrogen-bond acceptors (Lipinski definition) is 3. The second-order valence-electron chi connectivity index (χ2n) is 5.16. The Balaban J connectivity index is 2.33. The third-order valence-corrected chi connectivity index (χ3v) is 3.83. The zero-order chi connectivity index (χ0) is 11.3. The third kappa shape index (κ3) is 1.39. The van der Waals surface area contributed by atoms with Crippen molar-refractivity contribution in [2.75, 3.05) is 20.1 Å². The van der Waals surface area contributed by atoms with E-state index in [1.54, 1.807) is 4.90 Å². The Kier molecular flexibility index (Phi) is 2.32. The number of likely N-dealkylation sites (N-methyl/N-ethyl adjacent to an activating group) is 1. The normalized spacial score (nSPS) is 40.1. The smallest absolute Gasteiger partial charge is 0.257 e. The zero-order valence-electron chi connectivity index (χ0n) is 9.96. The van der Waals surface area contributed by atoms with Gasteiger partial charge in [-0.1, -0.05) is 6.92 Å². The van der Waals surface area contributed by atoms with Crippen molar-refractivity contribution in [3.8, 4) is 0 Å². The second kappa shape index (κ2) is 3.19. The minimum absolute atomic E-state index is 0.140. The Labute approximate surface area is 91.0 Å². The summed E-state index contributed by atoms with van der Waals surface area (Å²) in [5, 5.41) is 3.30. The fourth-order valence-corrected chi connectivity index (χ4v) is 2.56. The minimum atomic E-state index is -0.580. The summed E-state index contributed by atoms with van der Waals surface area (Å²) in [5.74, 6) is 0.379. The number of hydrogen-bond donors (Lipinski definition) is 1. The standard InChI is InChI=1S/C11H20N2O2/c1-8-7-12-6-5-11(8)9(14)13(4)10(2,3)15-11/h8,12H,5-7H2,1-4H3. The van der Waals surface area contributed by atoms with Crippen LogP contribution in [0.2, 0.25) is 0 Å². The third-order valence-electron chi connectivity index (χ3n) is 3.83. The molecule has 1 spiro atoms. The van der Waals surface area contributed by atoms with Crippen LogP contribution in [0.1, 0.15) is 27.2 Å². The molecule has 0 saturated carbocycles. The fraction of sp³-hybridized carbons (Fsp3) is 0.909. The number of piperidine rings is 1. The van der Waals surface area contributed by atoms with Gasteiger partial charge >= 0.3 is 0 Å². The minimum Gasteiger partial charge on any atom is -0.339 e. The molecule has 4 nitrogen and oxygen atoms in total. The van der Waals surface area contributed by atoms with E-state index in [9.17, 15) is 4.79 Å². The van der Waals surface area contributed by atoms with Crippen molar-refractivity contribution in [3.05, 3.63) is 0 Å². The van der Waals surface area contributed by atoms with Gasteiger partial charge in [-0.2, -0.15) is 0 Å².